The van der Waals surface area contributed by atoms with E-state index in [0.717, 1.165) is 0 Å². The van der Waals surface area contributed by atoms with Gasteiger partial charge in [-0.3, -0.25) is 9.78 Å². The van der Waals surface area contributed by atoms with Crippen LogP contribution in [-0.4, -0.2) is 23.1 Å². The highest BCUT2D eigenvalue weighted by molar-refractivity contribution is 5.87. The zero-order valence-corrected chi connectivity index (χ0v) is 14.1. The average Bonchev–Trinajstić information content (AvgIpc) is 3.18. The molecule has 2 aromatic carbocycles. The molecule has 2 unspecified atom stereocenters. The third-order valence-electron chi connectivity index (χ3n) is 4.48. The van der Waals surface area contributed by atoms with Crippen LogP contribution >= 0.6 is 0 Å². The van der Waals surface area contributed by atoms with Crippen LogP contribution < -0.4 is 16.3 Å². The van der Waals surface area contributed by atoms with Gasteiger partial charge >= 0.3 is 0 Å². The van der Waals surface area contributed by atoms with Gasteiger partial charge in [0.05, 0.1) is 11.9 Å². The Labute approximate surface area is 151 Å². The maximum atomic E-state index is 12.3. The lowest BCUT2D eigenvalue weighted by Gasteiger charge is -2.13. The Hall–Kier alpha value is -3.09. The van der Waals surface area contributed by atoms with Crippen molar-refractivity contribution < 1.29 is 4.79 Å². The molecule has 2 heterocycles. The third kappa shape index (κ3) is 3.46. The summed E-state index contributed by atoms with van der Waals surface area (Å²) >= 11 is 0. The SMILES string of the molecule is O=C(N/N=C/c1ccccn1)C1CC(c2cccc3ccccc23)NN1. The molecule has 3 N–H and O–H groups in total. The molecule has 0 aliphatic carbocycles. The normalized spacial score (nSPS) is 19.8. The van der Waals surface area contributed by atoms with Crippen LogP contribution in [0.2, 0.25) is 0 Å². The van der Waals surface area contributed by atoms with Gasteiger partial charge in [0.25, 0.3) is 5.91 Å². The maximum Gasteiger partial charge on any atom is 0.258 e. The summed E-state index contributed by atoms with van der Waals surface area (Å²) in [5.74, 6) is -0.174. The number of hydrazone groups is 1. The first-order chi connectivity index (χ1) is 12.8. The molecular formula is C20H19N5O. The lowest BCUT2D eigenvalue weighted by Crippen LogP contribution is -2.41. The lowest BCUT2D eigenvalue weighted by molar-refractivity contribution is -0.122. The second kappa shape index (κ2) is 7.43. The molecule has 1 aromatic heterocycles. The van der Waals surface area contributed by atoms with Gasteiger partial charge in [-0.25, -0.2) is 16.3 Å². The summed E-state index contributed by atoms with van der Waals surface area (Å²) in [4.78, 5) is 16.5. The van der Waals surface area contributed by atoms with Gasteiger partial charge in [0.1, 0.15) is 6.04 Å². The number of fused-ring (bicyclic) bond motifs is 1. The fraction of sp³-hybridized carbons (Fsp3) is 0.150. The molecule has 2 atom stereocenters. The van der Waals surface area contributed by atoms with E-state index < -0.39 is 0 Å². The summed E-state index contributed by atoms with van der Waals surface area (Å²) in [5.41, 5.74) is 10.7. The van der Waals surface area contributed by atoms with Gasteiger partial charge in [0, 0.05) is 12.2 Å². The predicted octanol–water partition coefficient (Wildman–Crippen LogP) is 2.29. The maximum absolute atomic E-state index is 12.3. The van der Waals surface area contributed by atoms with Crippen molar-refractivity contribution in [1.29, 1.82) is 0 Å². The number of pyridine rings is 1. The van der Waals surface area contributed by atoms with Crippen molar-refractivity contribution in [3.63, 3.8) is 0 Å². The van der Waals surface area contributed by atoms with E-state index in [1.54, 1.807) is 6.20 Å². The summed E-state index contributed by atoms with van der Waals surface area (Å²) in [6.07, 6.45) is 3.86. The highest BCUT2D eigenvalue weighted by atomic mass is 16.2. The van der Waals surface area contributed by atoms with Crippen LogP contribution in [0.1, 0.15) is 23.7 Å². The van der Waals surface area contributed by atoms with Gasteiger partial charge in [0.15, 0.2) is 0 Å². The topological polar surface area (TPSA) is 78.4 Å². The molecule has 1 aliphatic heterocycles. The predicted molar refractivity (Wildman–Crippen MR) is 101 cm³/mol. The second-order valence-corrected chi connectivity index (χ2v) is 6.19. The molecule has 130 valence electrons. The van der Waals surface area contributed by atoms with Gasteiger partial charge in [-0.05, 0) is 34.9 Å². The molecule has 1 amide bonds. The molecule has 4 rings (SSSR count). The minimum atomic E-state index is -0.347. The third-order valence-corrected chi connectivity index (χ3v) is 4.48. The molecule has 0 bridgehead atoms. The van der Waals surface area contributed by atoms with Crippen molar-refractivity contribution >= 4 is 22.9 Å². The molecule has 0 spiro atoms. The van der Waals surface area contributed by atoms with Gasteiger partial charge in [-0.2, -0.15) is 5.10 Å². The van der Waals surface area contributed by atoms with Crippen LogP contribution in [0.25, 0.3) is 10.8 Å². The van der Waals surface area contributed by atoms with Crippen LogP contribution in [0.4, 0.5) is 0 Å². The van der Waals surface area contributed by atoms with Crippen molar-refractivity contribution in [2.45, 2.75) is 18.5 Å². The molecule has 6 nitrogen and oxygen atoms in total. The fourth-order valence-corrected chi connectivity index (χ4v) is 3.18. The van der Waals surface area contributed by atoms with Crippen molar-refractivity contribution in [3.8, 4) is 0 Å². The quantitative estimate of drug-likeness (QED) is 0.501. The van der Waals surface area contributed by atoms with E-state index in [2.05, 4.69) is 50.6 Å². The fourth-order valence-electron chi connectivity index (χ4n) is 3.18. The number of hydrazine groups is 1. The van der Waals surface area contributed by atoms with Crippen LogP contribution in [-0.2, 0) is 4.79 Å². The zero-order valence-electron chi connectivity index (χ0n) is 14.1. The van der Waals surface area contributed by atoms with Crippen molar-refractivity contribution in [2.24, 2.45) is 5.10 Å². The molecule has 1 aliphatic rings. The smallest absolute Gasteiger partial charge is 0.258 e. The van der Waals surface area contributed by atoms with Gasteiger partial charge in [0.2, 0.25) is 0 Å². The Bertz CT molecular complexity index is 936. The second-order valence-electron chi connectivity index (χ2n) is 6.19. The molecule has 26 heavy (non-hydrogen) atoms. The number of aromatic nitrogens is 1. The van der Waals surface area contributed by atoms with E-state index in [9.17, 15) is 4.79 Å². The van der Waals surface area contributed by atoms with E-state index in [4.69, 9.17) is 0 Å². The first-order valence-corrected chi connectivity index (χ1v) is 8.54. The van der Waals surface area contributed by atoms with Gasteiger partial charge < -0.3 is 0 Å². The van der Waals surface area contributed by atoms with Gasteiger partial charge in [-0.15, -0.1) is 0 Å². The number of carbonyl (C=O) groups is 1. The number of hydrogen-bond donors (Lipinski definition) is 3. The Morgan fingerprint density at radius 2 is 1.92 bits per heavy atom. The summed E-state index contributed by atoms with van der Waals surface area (Å²) in [7, 11) is 0. The Balaban J connectivity index is 1.41. The minimum Gasteiger partial charge on any atom is -0.271 e. The van der Waals surface area contributed by atoms with Crippen molar-refractivity contribution in [1.82, 2.24) is 21.3 Å². The molecule has 1 fully saturated rings. The minimum absolute atomic E-state index is 0.0663. The highest BCUT2D eigenvalue weighted by Crippen LogP contribution is 2.29. The highest BCUT2D eigenvalue weighted by Gasteiger charge is 2.30. The first kappa shape index (κ1) is 16.4. The van der Waals surface area contributed by atoms with Crippen LogP contribution in [0.3, 0.4) is 0 Å². The Kier molecular flexibility index (Phi) is 4.68. The van der Waals surface area contributed by atoms with Gasteiger partial charge in [-0.1, -0.05) is 48.5 Å². The molecule has 6 heteroatoms. The van der Waals surface area contributed by atoms with Crippen LogP contribution in [0.5, 0.6) is 0 Å². The Morgan fingerprint density at radius 1 is 1.08 bits per heavy atom. The number of hydrogen-bond acceptors (Lipinski definition) is 5. The number of benzene rings is 2. The lowest BCUT2D eigenvalue weighted by atomic mass is 9.96. The summed E-state index contributed by atoms with van der Waals surface area (Å²) < 4.78 is 0. The van der Waals surface area contributed by atoms with Crippen LogP contribution in [0.15, 0.2) is 72.0 Å². The standard InChI is InChI=1S/C20H19N5O/c26-20(25-22-13-15-8-3-4-11-21-15)19-12-18(23-24-19)17-10-5-7-14-6-1-2-9-16(14)17/h1-11,13,18-19,23-24H,12H2,(H,25,26)/b22-13+. The number of rotatable bonds is 4. The summed E-state index contributed by atoms with van der Waals surface area (Å²) in [6.45, 7) is 0. The first-order valence-electron chi connectivity index (χ1n) is 8.54. The largest absolute Gasteiger partial charge is 0.271 e. The zero-order chi connectivity index (χ0) is 17.8. The van der Waals surface area contributed by atoms with E-state index >= 15 is 0 Å². The molecule has 0 radical (unpaired) electrons. The molecule has 1 saturated heterocycles. The van der Waals surface area contributed by atoms with E-state index in [0.29, 0.717) is 12.1 Å². The van der Waals surface area contributed by atoms with E-state index in [-0.39, 0.29) is 18.0 Å². The number of nitrogens with zero attached hydrogens (tertiary/aromatic N) is 2. The molecule has 0 saturated carbocycles. The number of amides is 1. The average molecular weight is 345 g/mol. The Morgan fingerprint density at radius 3 is 2.81 bits per heavy atom. The molecule has 3 aromatic rings. The van der Waals surface area contributed by atoms with Crippen LogP contribution in [0, 0.1) is 0 Å². The molecular weight excluding hydrogens is 326 g/mol. The number of carbonyl (C=O) groups excluding carboxylic acids is 1. The van der Waals surface area contributed by atoms with E-state index in [1.165, 1.54) is 22.6 Å². The summed E-state index contributed by atoms with van der Waals surface area (Å²) in [6, 6.07) is 19.7. The summed E-state index contributed by atoms with van der Waals surface area (Å²) in [5, 5.41) is 6.37. The van der Waals surface area contributed by atoms with Crippen molar-refractivity contribution in [2.75, 3.05) is 0 Å². The number of nitrogens with one attached hydrogen (secondary N) is 3. The monoisotopic (exact) mass is 345 g/mol. The van der Waals surface area contributed by atoms with Crippen molar-refractivity contribution in [3.05, 3.63) is 78.1 Å². The van der Waals surface area contributed by atoms with E-state index in [1.807, 2.05) is 36.4 Å².